The van der Waals surface area contributed by atoms with Gasteiger partial charge in [0.1, 0.15) is 5.75 Å². The summed E-state index contributed by atoms with van der Waals surface area (Å²) >= 11 is 0. The largest absolute Gasteiger partial charge is 0.425 e. The molecule has 0 fully saturated rings. The van der Waals surface area contributed by atoms with Crippen LogP contribution >= 0.6 is 0 Å². The first-order valence-electron chi connectivity index (χ1n) is 6.94. The molecule has 0 unspecified atom stereocenters. The first-order chi connectivity index (χ1) is 10.8. The van der Waals surface area contributed by atoms with Gasteiger partial charge in [0.25, 0.3) is 11.8 Å². The molecule has 0 aromatic heterocycles. The smallest absolute Gasteiger partial charge is 0.308 e. The van der Waals surface area contributed by atoms with Crippen LogP contribution in [0.2, 0.25) is 0 Å². The maximum Gasteiger partial charge on any atom is 0.308 e. The molecule has 3 rings (SSSR count). The highest BCUT2D eigenvalue weighted by atomic mass is 16.5. The van der Waals surface area contributed by atoms with E-state index in [4.69, 9.17) is 4.74 Å². The van der Waals surface area contributed by atoms with Gasteiger partial charge < -0.3 is 4.74 Å². The van der Waals surface area contributed by atoms with Crippen LogP contribution in [0, 0.1) is 0 Å². The Hall–Kier alpha value is -3.02. The van der Waals surface area contributed by atoms with Gasteiger partial charge in [-0.2, -0.15) is 0 Å². The van der Waals surface area contributed by atoms with Crippen LogP contribution in [0.15, 0.2) is 24.3 Å². The van der Waals surface area contributed by atoms with Gasteiger partial charge in [0.15, 0.2) is 5.78 Å². The Kier molecular flexibility index (Phi) is 3.25. The molecule has 0 aliphatic carbocycles. The number of benzene rings is 2. The average molecular weight is 311 g/mol. The highest BCUT2D eigenvalue weighted by Crippen LogP contribution is 2.38. The number of ketones is 1. The third-order valence-corrected chi connectivity index (χ3v) is 3.81. The van der Waals surface area contributed by atoms with Crippen molar-refractivity contribution >= 4 is 34.3 Å². The van der Waals surface area contributed by atoms with E-state index in [1.807, 2.05) is 0 Å². The third kappa shape index (κ3) is 2.11. The summed E-state index contributed by atoms with van der Waals surface area (Å²) < 4.78 is 5.20. The lowest BCUT2D eigenvalue weighted by Gasteiger charge is -2.25. The summed E-state index contributed by atoms with van der Waals surface area (Å²) in [6.45, 7) is 2.55. The Morgan fingerprint density at radius 1 is 1.04 bits per heavy atom. The lowest BCUT2D eigenvalue weighted by molar-refractivity contribution is -0.131. The summed E-state index contributed by atoms with van der Waals surface area (Å²) in [7, 11) is 1.39. The molecule has 1 heterocycles. The van der Waals surface area contributed by atoms with Gasteiger partial charge in [0.05, 0.1) is 5.56 Å². The maximum absolute atomic E-state index is 12.4. The van der Waals surface area contributed by atoms with E-state index in [1.54, 1.807) is 18.2 Å². The molecule has 1 aliphatic heterocycles. The summed E-state index contributed by atoms with van der Waals surface area (Å²) in [5, 5.41) is 0.803. The van der Waals surface area contributed by atoms with Crippen molar-refractivity contribution in [1.29, 1.82) is 0 Å². The molecule has 0 bridgehead atoms. The minimum atomic E-state index is -0.584. The molecule has 0 N–H and O–H groups in total. The standard InChI is InChI=1S/C17H13NO5/c1-8(19)12-7-13-14-10(15(12)23-9(2)20)5-4-6-11(14)16(21)18(3)17(13)22/h4-7H,1-3H3. The second-order valence-electron chi connectivity index (χ2n) is 5.35. The number of hydrogen-bond donors (Lipinski definition) is 0. The fourth-order valence-corrected chi connectivity index (χ4v) is 2.77. The second kappa shape index (κ2) is 5.01. The van der Waals surface area contributed by atoms with Crippen LogP contribution in [0.25, 0.3) is 10.8 Å². The number of carbonyl (C=O) groups is 4. The van der Waals surface area contributed by atoms with E-state index in [0.29, 0.717) is 16.3 Å². The fourth-order valence-electron chi connectivity index (χ4n) is 2.77. The molecule has 2 aromatic carbocycles. The Morgan fingerprint density at radius 2 is 1.70 bits per heavy atom. The van der Waals surface area contributed by atoms with E-state index >= 15 is 0 Å². The lowest BCUT2D eigenvalue weighted by Crippen LogP contribution is -2.37. The van der Waals surface area contributed by atoms with E-state index in [0.717, 1.165) is 4.90 Å². The van der Waals surface area contributed by atoms with Crippen molar-refractivity contribution in [2.45, 2.75) is 13.8 Å². The molecule has 0 saturated heterocycles. The minimum Gasteiger partial charge on any atom is -0.425 e. The number of nitrogens with zero attached hydrogens (tertiary/aromatic N) is 1. The number of hydrogen-bond acceptors (Lipinski definition) is 5. The van der Waals surface area contributed by atoms with Gasteiger partial charge in [0, 0.05) is 35.9 Å². The lowest BCUT2D eigenvalue weighted by atomic mass is 9.90. The van der Waals surface area contributed by atoms with Crippen LogP contribution in [0.1, 0.15) is 44.9 Å². The van der Waals surface area contributed by atoms with Crippen LogP contribution in [0.3, 0.4) is 0 Å². The highest BCUT2D eigenvalue weighted by Gasteiger charge is 2.33. The normalized spacial score (nSPS) is 13.4. The Balaban J connectivity index is 2.49. The first kappa shape index (κ1) is 14.9. The molecule has 0 radical (unpaired) electrons. The van der Waals surface area contributed by atoms with Crippen molar-refractivity contribution in [3.63, 3.8) is 0 Å². The van der Waals surface area contributed by atoms with E-state index in [9.17, 15) is 19.2 Å². The Labute approximate surface area is 131 Å². The molecule has 2 aromatic rings. The molecular weight excluding hydrogens is 298 g/mol. The van der Waals surface area contributed by atoms with E-state index in [-0.39, 0.29) is 22.7 Å². The van der Waals surface area contributed by atoms with Crippen molar-refractivity contribution in [1.82, 2.24) is 4.90 Å². The Bertz CT molecular complexity index is 913. The van der Waals surface area contributed by atoms with Gasteiger partial charge in [0.2, 0.25) is 0 Å². The van der Waals surface area contributed by atoms with Crippen LogP contribution in [0.5, 0.6) is 5.75 Å². The number of esters is 1. The van der Waals surface area contributed by atoms with Gasteiger partial charge in [-0.15, -0.1) is 0 Å². The van der Waals surface area contributed by atoms with Crippen LogP contribution in [0.4, 0.5) is 0 Å². The van der Waals surface area contributed by atoms with Crippen molar-refractivity contribution in [3.05, 3.63) is 41.0 Å². The van der Waals surface area contributed by atoms with Gasteiger partial charge in [-0.05, 0) is 19.1 Å². The topological polar surface area (TPSA) is 80.8 Å². The monoisotopic (exact) mass is 311 g/mol. The summed E-state index contributed by atoms with van der Waals surface area (Å²) in [5.41, 5.74) is 0.720. The first-order valence-corrected chi connectivity index (χ1v) is 6.94. The van der Waals surface area contributed by atoms with E-state index in [1.165, 1.54) is 27.0 Å². The molecule has 116 valence electrons. The van der Waals surface area contributed by atoms with Gasteiger partial charge in [-0.25, -0.2) is 0 Å². The number of amides is 2. The summed E-state index contributed by atoms with van der Waals surface area (Å²) in [4.78, 5) is 49.0. The number of ether oxygens (including phenoxy) is 1. The van der Waals surface area contributed by atoms with E-state index in [2.05, 4.69) is 0 Å². The second-order valence-corrected chi connectivity index (χ2v) is 5.35. The molecule has 1 aliphatic rings. The molecule has 6 nitrogen and oxygen atoms in total. The third-order valence-electron chi connectivity index (χ3n) is 3.81. The van der Waals surface area contributed by atoms with Crippen LogP contribution in [-0.2, 0) is 4.79 Å². The number of imide groups is 1. The van der Waals surface area contributed by atoms with Crippen LogP contribution < -0.4 is 4.74 Å². The SMILES string of the molecule is CC(=O)Oc1c(C(C)=O)cc2c3c(cccc13)C(=O)N(C)C2=O. The average Bonchev–Trinajstić information content (AvgIpc) is 2.50. The highest BCUT2D eigenvalue weighted by molar-refractivity contribution is 6.27. The van der Waals surface area contributed by atoms with Gasteiger partial charge >= 0.3 is 5.97 Å². The van der Waals surface area contributed by atoms with Crippen molar-refractivity contribution in [2.24, 2.45) is 0 Å². The quantitative estimate of drug-likeness (QED) is 0.367. The molecule has 0 saturated carbocycles. The molecule has 0 spiro atoms. The number of Topliss-reactive ketones (excluding diaryl/α,β-unsaturated/α-hetero) is 1. The van der Waals surface area contributed by atoms with Crippen molar-refractivity contribution in [3.8, 4) is 5.75 Å². The minimum absolute atomic E-state index is 0.0794. The molecule has 23 heavy (non-hydrogen) atoms. The summed E-state index contributed by atoms with van der Waals surface area (Å²) in [6, 6.07) is 6.23. The van der Waals surface area contributed by atoms with E-state index < -0.39 is 17.8 Å². The van der Waals surface area contributed by atoms with Crippen LogP contribution in [-0.4, -0.2) is 35.5 Å². The Morgan fingerprint density at radius 3 is 2.30 bits per heavy atom. The van der Waals surface area contributed by atoms with Gasteiger partial charge in [-0.1, -0.05) is 12.1 Å². The maximum atomic E-state index is 12.4. The zero-order chi connectivity index (χ0) is 16.9. The molecular formula is C17H13NO5. The summed E-state index contributed by atoms with van der Waals surface area (Å²) in [6.07, 6.45) is 0. The summed E-state index contributed by atoms with van der Waals surface area (Å²) in [5.74, 6) is -1.76. The van der Waals surface area contributed by atoms with Crippen molar-refractivity contribution < 1.29 is 23.9 Å². The zero-order valence-electron chi connectivity index (χ0n) is 12.8. The zero-order valence-corrected chi connectivity index (χ0v) is 12.8. The number of carbonyl (C=O) groups excluding carboxylic acids is 4. The predicted octanol–water partition coefficient (Wildman–Crippen LogP) is 2.19. The fraction of sp³-hybridized carbons (Fsp3) is 0.176. The van der Waals surface area contributed by atoms with Crippen molar-refractivity contribution in [2.75, 3.05) is 7.05 Å². The molecule has 6 heteroatoms. The molecule has 2 amide bonds. The predicted molar refractivity (Wildman–Crippen MR) is 81.7 cm³/mol. The molecule has 0 atom stereocenters. The number of rotatable bonds is 2. The van der Waals surface area contributed by atoms with Gasteiger partial charge in [-0.3, -0.25) is 24.1 Å².